The minimum Gasteiger partial charge on any atom is -0.508 e. The number of hydrogen-bond donors (Lipinski definition) is 5. The Morgan fingerprint density at radius 1 is 1.05 bits per heavy atom. The zero-order valence-electron chi connectivity index (χ0n) is 10.9. The lowest BCUT2D eigenvalue weighted by Gasteiger charge is -2.30. The van der Waals surface area contributed by atoms with E-state index in [9.17, 15) is 15.3 Å². The number of nitrogens with zero attached hydrogens (tertiary/aromatic N) is 1. The molecule has 0 fully saturated rings. The summed E-state index contributed by atoms with van der Waals surface area (Å²) in [5, 5.41) is 46.8. The third-order valence-corrected chi connectivity index (χ3v) is 3.02. The quantitative estimate of drug-likeness (QED) is 0.423. The Morgan fingerprint density at radius 2 is 1.63 bits per heavy atom. The topological polar surface area (TPSA) is 104 Å². The molecular formula is C13H21NO5. The van der Waals surface area contributed by atoms with Gasteiger partial charge < -0.3 is 25.5 Å². The van der Waals surface area contributed by atoms with E-state index in [1.807, 2.05) is 6.92 Å². The summed E-state index contributed by atoms with van der Waals surface area (Å²) in [5.41, 5.74) is 1.68. The molecule has 0 aliphatic rings. The largest absolute Gasteiger partial charge is 0.508 e. The van der Waals surface area contributed by atoms with Crippen LogP contribution in [0.25, 0.3) is 0 Å². The van der Waals surface area contributed by atoms with E-state index in [4.69, 9.17) is 10.2 Å². The molecule has 2 atom stereocenters. The highest BCUT2D eigenvalue weighted by atomic mass is 16.4. The summed E-state index contributed by atoms with van der Waals surface area (Å²) < 4.78 is 0. The van der Waals surface area contributed by atoms with Gasteiger partial charge in [-0.05, 0) is 29.7 Å². The molecule has 0 aliphatic heterocycles. The van der Waals surface area contributed by atoms with Crippen molar-refractivity contribution in [2.75, 3.05) is 13.2 Å². The summed E-state index contributed by atoms with van der Waals surface area (Å²) in [6, 6.07) is 4.87. The molecule has 2 unspecified atom stereocenters. The van der Waals surface area contributed by atoms with Gasteiger partial charge in [-0.1, -0.05) is 13.0 Å². The molecule has 0 radical (unpaired) electrons. The van der Waals surface area contributed by atoms with E-state index in [1.165, 1.54) is 0 Å². The minimum absolute atomic E-state index is 0.0872. The van der Waals surface area contributed by atoms with Gasteiger partial charge in [0.1, 0.15) is 18.2 Å². The zero-order chi connectivity index (χ0) is 14.4. The highest BCUT2D eigenvalue weighted by Crippen LogP contribution is 2.20. The summed E-state index contributed by atoms with van der Waals surface area (Å²) in [6.07, 6.45) is -1.84. The van der Waals surface area contributed by atoms with Crippen molar-refractivity contribution in [1.29, 1.82) is 0 Å². The highest BCUT2D eigenvalue weighted by Gasteiger charge is 2.23. The van der Waals surface area contributed by atoms with E-state index >= 15 is 0 Å². The van der Waals surface area contributed by atoms with Crippen molar-refractivity contribution >= 4 is 0 Å². The molecule has 1 rings (SSSR count). The van der Waals surface area contributed by atoms with Gasteiger partial charge in [0.15, 0.2) is 0 Å². The van der Waals surface area contributed by atoms with Crippen molar-refractivity contribution in [3.8, 4) is 5.75 Å². The minimum atomic E-state index is -1.28. The van der Waals surface area contributed by atoms with Crippen molar-refractivity contribution in [3.63, 3.8) is 0 Å². The fraction of sp³-hybridized carbons (Fsp3) is 0.538. The molecule has 5 N–H and O–H groups in total. The van der Waals surface area contributed by atoms with E-state index < -0.39 is 25.7 Å². The van der Waals surface area contributed by atoms with Gasteiger partial charge in [0.2, 0.25) is 0 Å². The predicted octanol–water partition coefficient (Wildman–Crippen LogP) is -0.622. The SMILES string of the molecule is CCc1ccc(O)cc1CN(C(O)CO)C(O)CO. The van der Waals surface area contributed by atoms with Crippen LogP contribution >= 0.6 is 0 Å². The summed E-state index contributed by atoms with van der Waals surface area (Å²) in [6.45, 7) is 0.945. The van der Waals surface area contributed by atoms with Crippen molar-refractivity contribution in [1.82, 2.24) is 4.90 Å². The van der Waals surface area contributed by atoms with Crippen LogP contribution < -0.4 is 0 Å². The molecule has 0 amide bonds. The number of rotatable bonds is 7. The fourth-order valence-electron chi connectivity index (χ4n) is 1.92. The van der Waals surface area contributed by atoms with Gasteiger partial charge >= 0.3 is 0 Å². The highest BCUT2D eigenvalue weighted by molar-refractivity contribution is 5.34. The van der Waals surface area contributed by atoms with Crippen LogP contribution in [0.5, 0.6) is 5.75 Å². The number of aliphatic hydroxyl groups excluding tert-OH is 4. The van der Waals surface area contributed by atoms with Crippen LogP contribution in [0.2, 0.25) is 0 Å². The Hall–Kier alpha value is -1.18. The number of benzene rings is 1. The number of hydrogen-bond acceptors (Lipinski definition) is 6. The van der Waals surface area contributed by atoms with E-state index in [-0.39, 0.29) is 12.3 Å². The molecule has 1 aromatic carbocycles. The normalized spacial score (nSPS) is 14.6. The summed E-state index contributed by atoms with van der Waals surface area (Å²) in [7, 11) is 0. The molecule has 0 saturated heterocycles. The monoisotopic (exact) mass is 271 g/mol. The van der Waals surface area contributed by atoms with Gasteiger partial charge in [0, 0.05) is 6.54 Å². The molecule has 0 heterocycles. The molecule has 1 aromatic rings. The Bertz CT molecular complexity index is 389. The first-order valence-corrected chi connectivity index (χ1v) is 6.17. The van der Waals surface area contributed by atoms with Gasteiger partial charge in [-0.3, -0.25) is 0 Å². The van der Waals surface area contributed by atoms with Crippen molar-refractivity contribution < 1.29 is 25.5 Å². The van der Waals surface area contributed by atoms with Crippen LogP contribution in [0.15, 0.2) is 18.2 Å². The van der Waals surface area contributed by atoms with Crippen molar-refractivity contribution in [3.05, 3.63) is 29.3 Å². The maximum atomic E-state index is 9.66. The smallest absolute Gasteiger partial charge is 0.133 e. The lowest BCUT2D eigenvalue weighted by Crippen LogP contribution is -2.46. The lowest BCUT2D eigenvalue weighted by molar-refractivity contribution is -0.138. The first-order chi connectivity index (χ1) is 9.03. The van der Waals surface area contributed by atoms with Gasteiger partial charge in [0.05, 0.1) is 13.2 Å². The fourth-order valence-corrected chi connectivity index (χ4v) is 1.92. The van der Waals surface area contributed by atoms with Crippen molar-refractivity contribution in [2.45, 2.75) is 32.3 Å². The van der Waals surface area contributed by atoms with E-state index in [0.717, 1.165) is 22.4 Å². The lowest BCUT2D eigenvalue weighted by atomic mass is 10.0. The van der Waals surface area contributed by atoms with Gasteiger partial charge in [-0.25, -0.2) is 4.90 Å². The van der Waals surface area contributed by atoms with Gasteiger partial charge in [-0.2, -0.15) is 0 Å². The standard InChI is InChI=1S/C13H21NO5/c1-2-9-3-4-11(17)5-10(9)6-14(12(18)7-15)13(19)8-16/h3-5,12-13,15-19H,2,6-8H2,1H3. The molecule has 0 bridgehead atoms. The van der Waals surface area contributed by atoms with Crippen LogP contribution in [-0.2, 0) is 13.0 Å². The molecule has 0 aliphatic carbocycles. The summed E-state index contributed by atoms with van der Waals surface area (Å²) >= 11 is 0. The molecular weight excluding hydrogens is 250 g/mol. The van der Waals surface area contributed by atoms with Gasteiger partial charge in [0.25, 0.3) is 0 Å². The van der Waals surface area contributed by atoms with Crippen molar-refractivity contribution in [2.24, 2.45) is 0 Å². The Balaban J connectivity index is 2.98. The third kappa shape index (κ3) is 4.15. The average Bonchev–Trinajstić information content (AvgIpc) is 2.43. The second-order valence-corrected chi connectivity index (χ2v) is 4.31. The summed E-state index contributed by atoms with van der Waals surface area (Å²) in [4.78, 5) is 1.16. The van der Waals surface area contributed by atoms with Crippen LogP contribution in [0, 0.1) is 0 Å². The number of phenols is 1. The maximum absolute atomic E-state index is 9.66. The second kappa shape index (κ2) is 7.42. The molecule has 0 saturated carbocycles. The maximum Gasteiger partial charge on any atom is 0.133 e. The van der Waals surface area contributed by atoms with Crippen LogP contribution in [0.1, 0.15) is 18.1 Å². The molecule has 6 heteroatoms. The Morgan fingerprint density at radius 3 is 2.11 bits per heavy atom. The zero-order valence-corrected chi connectivity index (χ0v) is 10.9. The van der Waals surface area contributed by atoms with E-state index in [2.05, 4.69) is 0 Å². The molecule has 19 heavy (non-hydrogen) atoms. The number of phenolic OH excluding ortho intramolecular Hbond substituents is 1. The number of aliphatic hydroxyl groups is 4. The van der Waals surface area contributed by atoms with E-state index in [0.29, 0.717) is 0 Å². The predicted molar refractivity (Wildman–Crippen MR) is 69.2 cm³/mol. The van der Waals surface area contributed by atoms with Crippen LogP contribution in [0.3, 0.4) is 0 Å². The van der Waals surface area contributed by atoms with Gasteiger partial charge in [-0.15, -0.1) is 0 Å². The molecule has 6 nitrogen and oxygen atoms in total. The number of aromatic hydroxyl groups is 1. The Labute approximate surface area is 112 Å². The van der Waals surface area contributed by atoms with E-state index in [1.54, 1.807) is 18.2 Å². The third-order valence-electron chi connectivity index (χ3n) is 3.02. The first-order valence-electron chi connectivity index (χ1n) is 6.17. The second-order valence-electron chi connectivity index (χ2n) is 4.31. The molecule has 108 valence electrons. The van der Waals surface area contributed by atoms with Crippen LogP contribution in [0.4, 0.5) is 0 Å². The molecule has 0 spiro atoms. The summed E-state index contributed by atoms with van der Waals surface area (Å²) in [5.74, 6) is 0.0872. The first kappa shape index (κ1) is 15.9. The average molecular weight is 271 g/mol. The van der Waals surface area contributed by atoms with Crippen LogP contribution in [-0.4, -0.2) is 56.1 Å². The number of aryl methyl sites for hydroxylation is 1. The Kier molecular flexibility index (Phi) is 6.20. The molecule has 0 aromatic heterocycles.